The quantitative estimate of drug-likeness (QED) is 0.442. The van der Waals surface area contributed by atoms with E-state index in [1.54, 1.807) is 6.07 Å². The Morgan fingerprint density at radius 1 is 1.03 bits per heavy atom. The molecule has 0 aliphatic heterocycles. The predicted molar refractivity (Wildman–Crippen MR) is 124 cm³/mol. The number of rotatable bonds is 9. The van der Waals surface area contributed by atoms with Gasteiger partial charge in [-0.3, -0.25) is 4.79 Å². The SMILES string of the molecule is CSc1ccccc1NC(=O)COc1ccc(S(=O)(=O)NCc2ccccc2)cc1Cl. The molecule has 2 N–H and O–H groups in total. The molecule has 162 valence electrons. The molecule has 0 saturated heterocycles. The van der Waals surface area contributed by atoms with Crippen LogP contribution in [-0.2, 0) is 21.4 Å². The van der Waals surface area contributed by atoms with E-state index >= 15 is 0 Å². The number of carbonyl (C=O) groups excluding carboxylic acids is 1. The van der Waals surface area contributed by atoms with Gasteiger partial charge in [-0.2, -0.15) is 0 Å². The van der Waals surface area contributed by atoms with Crippen molar-refractivity contribution in [2.24, 2.45) is 0 Å². The van der Waals surface area contributed by atoms with E-state index in [0.717, 1.165) is 10.5 Å². The lowest BCUT2D eigenvalue weighted by molar-refractivity contribution is -0.118. The first-order chi connectivity index (χ1) is 14.9. The summed E-state index contributed by atoms with van der Waals surface area (Å²) in [5.41, 5.74) is 1.53. The Bertz CT molecular complexity index is 1160. The molecule has 31 heavy (non-hydrogen) atoms. The highest BCUT2D eigenvalue weighted by Crippen LogP contribution is 2.28. The van der Waals surface area contributed by atoms with Gasteiger partial charge < -0.3 is 10.1 Å². The number of thioether (sulfide) groups is 1. The van der Waals surface area contributed by atoms with Gasteiger partial charge in [-0.1, -0.05) is 54.1 Å². The van der Waals surface area contributed by atoms with Crippen molar-refractivity contribution in [3.05, 3.63) is 83.4 Å². The van der Waals surface area contributed by atoms with E-state index in [2.05, 4.69) is 10.0 Å². The first-order valence-electron chi connectivity index (χ1n) is 9.28. The first kappa shape index (κ1) is 23.1. The summed E-state index contributed by atoms with van der Waals surface area (Å²) in [7, 11) is -3.75. The minimum atomic E-state index is -3.75. The second-order valence-electron chi connectivity index (χ2n) is 6.44. The monoisotopic (exact) mass is 476 g/mol. The van der Waals surface area contributed by atoms with Gasteiger partial charge in [0.1, 0.15) is 5.75 Å². The van der Waals surface area contributed by atoms with E-state index < -0.39 is 10.0 Å². The summed E-state index contributed by atoms with van der Waals surface area (Å²) in [6.07, 6.45) is 1.92. The molecule has 3 aromatic rings. The molecule has 0 bridgehead atoms. The Labute approximate surface area is 191 Å². The fourth-order valence-electron chi connectivity index (χ4n) is 2.70. The van der Waals surface area contributed by atoms with Crippen LogP contribution in [0.3, 0.4) is 0 Å². The summed E-state index contributed by atoms with van der Waals surface area (Å²) >= 11 is 7.71. The van der Waals surface area contributed by atoms with Crippen LogP contribution in [0.4, 0.5) is 5.69 Å². The minimum absolute atomic E-state index is 0.0131. The fraction of sp³-hybridized carbons (Fsp3) is 0.136. The lowest BCUT2D eigenvalue weighted by Crippen LogP contribution is -2.23. The molecule has 0 radical (unpaired) electrons. The third-order valence-corrected chi connectivity index (χ3v) is 6.75. The van der Waals surface area contributed by atoms with Gasteiger partial charge in [-0.25, -0.2) is 13.1 Å². The van der Waals surface area contributed by atoms with Crippen molar-refractivity contribution in [1.82, 2.24) is 4.72 Å². The smallest absolute Gasteiger partial charge is 0.262 e. The Morgan fingerprint density at radius 3 is 2.45 bits per heavy atom. The van der Waals surface area contributed by atoms with E-state index in [1.165, 1.54) is 30.0 Å². The number of ether oxygens (including phenoxy) is 1. The average Bonchev–Trinajstić information content (AvgIpc) is 2.78. The lowest BCUT2D eigenvalue weighted by atomic mass is 10.2. The Hall–Kier alpha value is -2.52. The van der Waals surface area contributed by atoms with E-state index in [1.807, 2.05) is 54.8 Å². The number of halogens is 1. The maximum Gasteiger partial charge on any atom is 0.262 e. The van der Waals surface area contributed by atoms with Crippen molar-refractivity contribution in [2.75, 3.05) is 18.2 Å². The summed E-state index contributed by atoms with van der Waals surface area (Å²) in [4.78, 5) is 13.2. The summed E-state index contributed by atoms with van der Waals surface area (Å²) < 4.78 is 33.1. The van der Waals surface area contributed by atoms with Crippen molar-refractivity contribution >= 4 is 45.0 Å². The van der Waals surface area contributed by atoms with Gasteiger partial charge in [0.15, 0.2) is 6.61 Å². The van der Waals surface area contributed by atoms with Gasteiger partial charge in [-0.15, -0.1) is 11.8 Å². The molecule has 3 rings (SSSR count). The van der Waals surface area contributed by atoms with Crippen molar-refractivity contribution in [2.45, 2.75) is 16.3 Å². The van der Waals surface area contributed by atoms with Crippen LogP contribution < -0.4 is 14.8 Å². The van der Waals surface area contributed by atoms with Gasteiger partial charge in [0.2, 0.25) is 10.0 Å². The van der Waals surface area contributed by atoms with Crippen LogP contribution >= 0.6 is 23.4 Å². The molecule has 1 amide bonds. The zero-order valence-corrected chi connectivity index (χ0v) is 19.1. The first-order valence-corrected chi connectivity index (χ1v) is 12.4. The van der Waals surface area contributed by atoms with E-state index in [9.17, 15) is 13.2 Å². The van der Waals surface area contributed by atoms with Crippen LogP contribution in [-0.4, -0.2) is 27.2 Å². The third kappa shape index (κ3) is 6.48. The molecule has 0 spiro atoms. The topological polar surface area (TPSA) is 84.5 Å². The van der Waals surface area contributed by atoms with Crippen molar-refractivity contribution < 1.29 is 17.9 Å². The molecular weight excluding hydrogens is 456 g/mol. The molecule has 0 heterocycles. The zero-order valence-electron chi connectivity index (χ0n) is 16.7. The Kier molecular flexibility index (Phi) is 7.97. The van der Waals surface area contributed by atoms with Crippen LogP contribution in [0.5, 0.6) is 5.75 Å². The molecule has 0 fully saturated rings. The minimum Gasteiger partial charge on any atom is -0.482 e. The number of sulfonamides is 1. The van der Waals surface area contributed by atoms with Crippen LogP contribution in [0.2, 0.25) is 5.02 Å². The van der Waals surface area contributed by atoms with Crippen LogP contribution in [0.25, 0.3) is 0 Å². The molecule has 0 aliphatic rings. The van der Waals surface area contributed by atoms with Crippen LogP contribution in [0.15, 0.2) is 82.6 Å². The summed E-state index contributed by atoms with van der Waals surface area (Å²) in [5.74, 6) is -0.129. The molecule has 0 saturated carbocycles. The number of para-hydroxylation sites is 1. The molecule has 9 heteroatoms. The van der Waals surface area contributed by atoms with E-state index in [4.69, 9.17) is 16.3 Å². The van der Waals surface area contributed by atoms with Crippen LogP contribution in [0, 0.1) is 0 Å². The van der Waals surface area contributed by atoms with Crippen LogP contribution in [0.1, 0.15) is 5.56 Å². The fourth-order valence-corrected chi connectivity index (χ4v) is 4.60. The lowest BCUT2D eigenvalue weighted by Gasteiger charge is -2.12. The highest BCUT2D eigenvalue weighted by Gasteiger charge is 2.16. The largest absolute Gasteiger partial charge is 0.482 e. The van der Waals surface area contributed by atoms with E-state index in [0.29, 0.717) is 5.69 Å². The van der Waals surface area contributed by atoms with Crippen molar-refractivity contribution in [3.8, 4) is 5.75 Å². The standard InChI is InChI=1S/C22H21ClN2O4S2/c1-30-21-10-6-5-9-19(21)25-22(26)15-29-20-12-11-17(13-18(20)23)31(27,28)24-14-16-7-3-2-4-8-16/h2-13,24H,14-15H2,1H3,(H,25,26). The normalized spacial score (nSPS) is 11.2. The molecule has 0 aliphatic carbocycles. The second-order valence-corrected chi connectivity index (χ2v) is 9.46. The molecule has 0 unspecified atom stereocenters. The van der Waals surface area contributed by atoms with Crippen molar-refractivity contribution in [1.29, 1.82) is 0 Å². The number of nitrogens with one attached hydrogen (secondary N) is 2. The highest BCUT2D eigenvalue weighted by atomic mass is 35.5. The Morgan fingerprint density at radius 2 is 1.74 bits per heavy atom. The number of carbonyl (C=O) groups is 1. The summed E-state index contributed by atoms with van der Waals surface area (Å²) in [5, 5.41) is 2.88. The Balaban J connectivity index is 1.60. The summed E-state index contributed by atoms with van der Waals surface area (Å²) in [6.45, 7) is -0.0997. The molecular formula is C22H21ClN2O4S2. The van der Waals surface area contributed by atoms with Gasteiger partial charge >= 0.3 is 0 Å². The average molecular weight is 477 g/mol. The molecule has 6 nitrogen and oxygen atoms in total. The van der Waals surface area contributed by atoms with Gasteiger partial charge in [-0.05, 0) is 42.2 Å². The molecule has 0 aromatic heterocycles. The zero-order chi connectivity index (χ0) is 22.3. The number of benzene rings is 3. The van der Waals surface area contributed by atoms with Gasteiger partial charge in [0.25, 0.3) is 5.91 Å². The number of anilines is 1. The maximum absolute atomic E-state index is 12.5. The number of hydrogen-bond donors (Lipinski definition) is 2. The third-order valence-electron chi connectivity index (χ3n) is 4.26. The predicted octanol–water partition coefficient (Wildman–Crippen LogP) is 4.56. The van der Waals surface area contributed by atoms with E-state index in [-0.39, 0.29) is 34.7 Å². The number of amides is 1. The van der Waals surface area contributed by atoms with Gasteiger partial charge in [0.05, 0.1) is 15.6 Å². The molecule has 0 atom stereocenters. The van der Waals surface area contributed by atoms with Crippen molar-refractivity contribution in [3.63, 3.8) is 0 Å². The number of hydrogen-bond acceptors (Lipinski definition) is 5. The second kappa shape index (κ2) is 10.7. The molecule has 3 aromatic carbocycles. The highest BCUT2D eigenvalue weighted by molar-refractivity contribution is 7.98. The summed E-state index contributed by atoms with van der Waals surface area (Å²) in [6, 6.07) is 20.7. The van der Waals surface area contributed by atoms with Gasteiger partial charge in [0, 0.05) is 11.4 Å². The maximum atomic E-state index is 12.5.